The van der Waals surface area contributed by atoms with Crippen molar-refractivity contribution in [2.45, 2.75) is 17.3 Å². The molecule has 0 fully saturated rings. The van der Waals surface area contributed by atoms with Crippen LogP contribution in [0.1, 0.15) is 12.0 Å². The summed E-state index contributed by atoms with van der Waals surface area (Å²) in [5.74, 6) is 2.67. The molecule has 0 unspecified atom stereocenters. The minimum atomic E-state index is -0.421. The second kappa shape index (κ2) is 8.23. The summed E-state index contributed by atoms with van der Waals surface area (Å²) in [5.41, 5.74) is 2.67. The summed E-state index contributed by atoms with van der Waals surface area (Å²) in [7, 11) is 0. The first-order valence-corrected chi connectivity index (χ1v) is 10.6. The fourth-order valence-electron chi connectivity index (χ4n) is 3.25. The van der Waals surface area contributed by atoms with E-state index < -0.39 is 4.92 Å². The largest absolute Gasteiger partial charge is 0.490 e. The molecule has 0 saturated heterocycles. The maximum absolute atomic E-state index is 10.9. The average molecular weight is 435 g/mol. The fourth-order valence-corrected chi connectivity index (χ4v) is 4.02. The fraction of sp³-hybridized carbons (Fsp3) is 0.190. The normalized spacial score (nSPS) is 13.2. The molecule has 10 heteroatoms. The van der Waals surface area contributed by atoms with Gasteiger partial charge in [0.25, 0.3) is 11.5 Å². The number of ether oxygens (including phenoxy) is 2. The topological polar surface area (TPSA) is 105 Å². The minimum Gasteiger partial charge on any atom is -0.490 e. The van der Waals surface area contributed by atoms with Crippen LogP contribution in [0, 0.1) is 10.1 Å². The maximum atomic E-state index is 10.9. The molecule has 4 aromatic rings. The van der Waals surface area contributed by atoms with Gasteiger partial charge in [-0.2, -0.15) is 9.50 Å². The molecular weight excluding hydrogens is 418 g/mol. The standard InChI is InChI=1S/C21H17N5O4S/c27-26(28)16-5-3-15(4-6-16)17-8-9-22-20-23-21(24-25(17)20)31-13-14-2-7-18-19(12-14)30-11-1-10-29-18/h2-9,12H,1,10-11,13H2. The van der Waals surface area contributed by atoms with Gasteiger partial charge >= 0.3 is 0 Å². The lowest BCUT2D eigenvalue weighted by atomic mass is 10.1. The number of nitrogens with zero attached hydrogens (tertiary/aromatic N) is 5. The minimum absolute atomic E-state index is 0.0408. The van der Waals surface area contributed by atoms with E-state index in [0.717, 1.165) is 34.7 Å². The van der Waals surface area contributed by atoms with Gasteiger partial charge in [0.2, 0.25) is 5.16 Å². The van der Waals surface area contributed by atoms with E-state index in [4.69, 9.17) is 9.47 Å². The zero-order valence-electron chi connectivity index (χ0n) is 16.3. The van der Waals surface area contributed by atoms with Gasteiger partial charge in [0.05, 0.1) is 23.8 Å². The molecule has 2 aromatic carbocycles. The van der Waals surface area contributed by atoms with E-state index >= 15 is 0 Å². The first-order chi connectivity index (χ1) is 15.2. The van der Waals surface area contributed by atoms with E-state index in [9.17, 15) is 10.1 Å². The van der Waals surface area contributed by atoms with Crippen LogP contribution in [0.5, 0.6) is 11.5 Å². The first kappa shape index (κ1) is 19.3. The third-order valence-corrected chi connectivity index (χ3v) is 5.68. The highest BCUT2D eigenvalue weighted by molar-refractivity contribution is 7.98. The van der Waals surface area contributed by atoms with Crippen molar-refractivity contribution in [1.29, 1.82) is 0 Å². The van der Waals surface area contributed by atoms with Gasteiger partial charge in [0.15, 0.2) is 11.5 Å². The molecule has 156 valence electrons. The lowest BCUT2D eigenvalue weighted by molar-refractivity contribution is -0.384. The van der Waals surface area contributed by atoms with E-state index in [2.05, 4.69) is 15.1 Å². The van der Waals surface area contributed by atoms with Crippen molar-refractivity contribution in [2.24, 2.45) is 0 Å². The van der Waals surface area contributed by atoms with Gasteiger partial charge in [0.1, 0.15) is 0 Å². The molecule has 0 aliphatic carbocycles. The lowest BCUT2D eigenvalue weighted by Crippen LogP contribution is -1.97. The molecule has 0 spiro atoms. The van der Waals surface area contributed by atoms with Gasteiger partial charge in [-0.1, -0.05) is 17.8 Å². The Morgan fingerprint density at radius 2 is 1.87 bits per heavy atom. The quantitative estimate of drug-likeness (QED) is 0.261. The molecule has 0 amide bonds. The molecule has 9 nitrogen and oxygen atoms in total. The van der Waals surface area contributed by atoms with Gasteiger partial charge in [-0.15, -0.1) is 5.10 Å². The molecule has 1 aliphatic heterocycles. The SMILES string of the molecule is O=[N+]([O-])c1ccc(-c2ccnc3nc(SCc4ccc5c(c4)OCCCO5)nn23)cc1. The zero-order chi connectivity index (χ0) is 21.2. The third kappa shape index (κ3) is 4.02. The molecule has 5 rings (SSSR count). The smallest absolute Gasteiger partial charge is 0.269 e. The van der Waals surface area contributed by atoms with Crippen molar-refractivity contribution in [3.8, 4) is 22.8 Å². The molecule has 0 bridgehead atoms. The maximum Gasteiger partial charge on any atom is 0.269 e. The Morgan fingerprint density at radius 3 is 2.68 bits per heavy atom. The Hall–Kier alpha value is -3.66. The Labute approximate surface area is 181 Å². The molecule has 0 saturated carbocycles. The molecule has 2 aromatic heterocycles. The Morgan fingerprint density at radius 1 is 1.06 bits per heavy atom. The number of fused-ring (bicyclic) bond motifs is 2. The van der Waals surface area contributed by atoms with Crippen LogP contribution in [0.2, 0.25) is 0 Å². The van der Waals surface area contributed by atoms with E-state index in [1.807, 2.05) is 18.2 Å². The van der Waals surface area contributed by atoms with Crippen LogP contribution >= 0.6 is 11.8 Å². The zero-order valence-corrected chi connectivity index (χ0v) is 17.1. The molecule has 0 radical (unpaired) electrons. The molecule has 0 atom stereocenters. The monoisotopic (exact) mass is 435 g/mol. The first-order valence-electron chi connectivity index (χ1n) is 9.65. The van der Waals surface area contributed by atoms with Gasteiger partial charge < -0.3 is 9.47 Å². The van der Waals surface area contributed by atoms with Crippen molar-refractivity contribution >= 4 is 23.2 Å². The highest BCUT2D eigenvalue weighted by Crippen LogP contribution is 2.32. The average Bonchev–Trinajstić information content (AvgIpc) is 3.07. The summed E-state index contributed by atoms with van der Waals surface area (Å²) in [6, 6.07) is 14.1. The number of nitro groups is 1. The molecule has 0 N–H and O–H groups in total. The van der Waals surface area contributed by atoms with Gasteiger partial charge in [-0.3, -0.25) is 10.1 Å². The summed E-state index contributed by atoms with van der Waals surface area (Å²) in [4.78, 5) is 19.3. The van der Waals surface area contributed by atoms with Crippen molar-refractivity contribution in [3.63, 3.8) is 0 Å². The van der Waals surface area contributed by atoms with Crippen molar-refractivity contribution < 1.29 is 14.4 Å². The van der Waals surface area contributed by atoms with Crippen molar-refractivity contribution in [2.75, 3.05) is 13.2 Å². The highest BCUT2D eigenvalue weighted by atomic mass is 32.2. The summed E-state index contributed by atoms with van der Waals surface area (Å²) in [6.07, 6.45) is 2.52. The number of aromatic nitrogens is 4. The molecule has 31 heavy (non-hydrogen) atoms. The van der Waals surface area contributed by atoms with Crippen LogP contribution in [-0.4, -0.2) is 37.7 Å². The predicted octanol–water partition coefficient (Wildman–Crippen LogP) is 4.15. The summed E-state index contributed by atoms with van der Waals surface area (Å²) in [5, 5.41) is 16.1. The molecule has 1 aliphatic rings. The van der Waals surface area contributed by atoms with Gasteiger partial charge in [0, 0.05) is 36.1 Å². The van der Waals surface area contributed by atoms with Gasteiger partial charge in [-0.05, 0) is 35.9 Å². The number of hydrogen-bond acceptors (Lipinski definition) is 8. The van der Waals surface area contributed by atoms with E-state index in [0.29, 0.717) is 29.9 Å². The van der Waals surface area contributed by atoms with Crippen LogP contribution in [0.15, 0.2) is 59.9 Å². The van der Waals surface area contributed by atoms with Crippen molar-refractivity contribution in [1.82, 2.24) is 19.6 Å². The van der Waals surface area contributed by atoms with E-state index in [-0.39, 0.29) is 5.69 Å². The van der Waals surface area contributed by atoms with E-state index in [1.54, 1.807) is 28.9 Å². The van der Waals surface area contributed by atoms with Crippen LogP contribution in [0.25, 0.3) is 17.0 Å². The van der Waals surface area contributed by atoms with Crippen LogP contribution < -0.4 is 9.47 Å². The Balaban J connectivity index is 1.37. The predicted molar refractivity (Wildman–Crippen MR) is 114 cm³/mol. The van der Waals surface area contributed by atoms with Crippen LogP contribution in [0.4, 0.5) is 5.69 Å². The summed E-state index contributed by atoms with van der Waals surface area (Å²) < 4.78 is 13.1. The van der Waals surface area contributed by atoms with E-state index in [1.165, 1.54) is 23.9 Å². The second-order valence-corrected chi connectivity index (χ2v) is 7.80. The number of non-ortho nitro benzene ring substituents is 1. The molecular formula is C21H17N5O4S. The number of benzene rings is 2. The highest BCUT2D eigenvalue weighted by Gasteiger charge is 2.14. The summed E-state index contributed by atoms with van der Waals surface area (Å²) in [6.45, 7) is 1.31. The number of nitro benzene ring substituents is 1. The van der Waals surface area contributed by atoms with Gasteiger partial charge in [-0.25, -0.2) is 4.98 Å². The third-order valence-electron chi connectivity index (χ3n) is 4.77. The molecule has 3 heterocycles. The summed E-state index contributed by atoms with van der Waals surface area (Å²) >= 11 is 1.50. The van der Waals surface area contributed by atoms with Crippen LogP contribution in [-0.2, 0) is 5.75 Å². The number of hydrogen-bond donors (Lipinski definition) is 0. The van der Waals surface area contributed by atoms with Crippen molar-refractivity contribution in [3.05, 3.63) is 70.4 Å². The van der Waals surface area contributed by atoms with Crippen LogP contribution in [0.3, 0.4) is 0 Å². The number of thioether (sulfide) groups is 1. The number of rotatable bonds is 5. The Bertz CT molecular complexity index is 1260. The lowest BCUT2D eigenvalue weighted by Gasteiger charge is -2.08. The Kier molecular flexibility index (Phi) is 5.13. The second-order valence-electron chi connectivity index (χ2n) is 6.86.